The number of rotatable bonds is 9. The zero-order chi connectivity index (χ0) is 33.0. The summed E-state index contributed by atoms with van der Waals surface area (Å²) in [5.41, 5.74) is 1.70. The van der Waals surface area contributed by atoms with Crippen molar-refractivity contribution >= 4 is 40.2 Å². The van der Waals surface area contributed by atoms with Gasteiger partial charge >= 0.3 is 12.4 Å². The second-order valence-electron chi connectivity index (χ2n) is 9.57. The summed E-state index contributed by atoms with van der Waals surface area (Å²) in [6.07, 6.45) is -7.52. The maximum atomic E-state index is 15.0. The largest absolute Gasteiger partial charge is 0.573 e. The number of aryl methyl sites for hydroxylation is 1. The summed E-state index contributed by atoms with van der Waals surface area (Å²) in [5, 5.41) is 6.08. The van der Waals surface area contributed by atoms with Crippen molar-refractivity contribution in [1.82, 2.24) is 10.1 Å². The lowest BCUT2D eigenvalue weighted by Crippen LogP contribution is -2.31. The van der Waals surface area contributed by atoms with Gasteiger partial charge in [0.15, 0.2) is 5.17 Å². The molecule has 0 unspecified atom stereocenters. The van der Waals surface area contributed by atoms with Crippen molar-refractivity contribution < 1.29 is 49.9 Å². The number of anilines is 2. The molecule has 1 aromatic heterocycles. The van der Waals surface area contributed by atoms with Crippen LogP contribution < -0.4 is 15.0 Å². The van der Waals surface area contributed by atoms with E-state index in [4.69, 9.17) is 9.26 Å². The van der Waals surface area contributed by atoms with Crippen molar-refractivity contribution in [2.45, 2.75) is 26.3 Å². The molecule has 10 nitrogen and oxygen atoms in total. The zero-order valence-corrected chi connectivity index (χ0v) is 24.3. The fraction of sp³-hybridized carbons (Fsp3) is 0.207. The van der Waals surface area contributed by atoms with E-state index in [9.17, 15) is 31.5 Å². The number of nitrogens with one attached hydrogen (secondary N) is 1. The molecule has 17 heteroatoms. The highest BCUT2D eigenvalue weighted by Gasteiger charge is 2.33. The summed E-state index contributed by atoms with van der Waals surface area (Å²) in [6.45, 7) is 0.757. The summed E-state index contributed by atoms with van der Waals surface area (Å²) < 4.78 is 91.3. The van der Waals surface area contributed by atoms with Crippen LogP contribution in [-0.4, -0.2) is 52.4 Å². The molecule has 240 valence electrons. The van der Waals surface area contributed by atoms with Crippen molar-refractivity contribution in [3.05, 3.63) is 77.6 Å². The number of halogens is 6. The molecule has 3 aromatic carbocycles. The van der Waals surface area contributed by atoms with Gasteiger partial charge in [-0.15, -0.1) is 13.2 Å². The van der Waals surface area contributed by atoms with Crippen molar-refractivity contribution in [2.24, 2.45) is 4.99 Å². The Kier molecular flexibility index (Phi) is 9.62. The van der Waals surface area contributed by atoms with Crippen LogP contribution in [0.2, 0.25) is 0 Å². The highest BCUT2D eigenvalue weighted by atomic mass is 32.2. The van der Waals surface area contributed by atoms with Gasteiger partial charge in [0, 0.05) is 16.7 Å². The van der Waals surface area contributed by atoms with Crippen LogP contribution in [0, 0.1) is 12.7 Å². The fourth-order valence-corrected chi connectivity index (χ4v) is 5.04. The monoisotopic (exact) mass is 665 g/mol. The molecular weight excluding hydrogens is 644 g/mol. The maximum Gasteiger partial charge on any atom is 0.573 e. The smallest absolute Gasteiger partial charge is 0.406 e. The molecular formula is C29H21F6N5O5S. The van der Waals surface area contributed by atoms with Crippen molar-refractivity contribution in [1.29, 1.82) is 0 Å². The lowest BCUT2D eigenvalue weighted by Gasteiger charge is -2.20. The Morgan fingerprint density at radius 1 is 1.11 bits per heavy atom. The molecule has 1 fully saturated rings. The Morgan fingerprint density at radius 2 is 1.85 bits per heavy atom. The molecule has 0 aliphatic carbocycles. The Morgan fingerprint density at radius 3 is 2.54 bits per heavy atom. The number of thioether (sulfide) groups is 1. The standard InChI is InChI=1S/C29H21F6N5O5S/c1-15-2-3-18(12-43-13-23(31)32)22(10-15)40-24(41)14-46-28(40)38-27(42)36-21-9-6-17(11-20(21)30)25-37-26(45-39-25)16-4-7-19(8-5-16)44-29(33,34)35/h2-11,23H,12-14H2,1H3,(H,36,42). The van der Waals surface area contributed by atoms with Gasteiger partial charge in [-0.05, 0) is 61.0 Å². The number of amidine groups is 1. The van der Waals surface area contributed by atoms with Crippen LogP contribution in [0.1, 0.15) is 11.1 Å². The Bertz CT molecular complexity index is 1780. The molecule has 0 atom stereocenters. The third-order valence-corrected chi connectivity index (χ3v) is 7.10. The van der Waals surface area contributed by atoms with E-state index in [0.29, 0.717) is 11.3 Å². The molecule has 1 aliphatic heterocycles. The SMILES string of the molecule is Cc1ccc(COCC(F)F)c(N2C(=O)CSC2=NC(=O)Nc2ccc(-c3noc(-c4ccc(OC(F)(F)F)cc4)n3)cc2F)c1. The number of aromatic nitrogens is 2. The number of hydrogen-bond donors (Lipinski definition) is 1. The van der Waals surface area contributed by atoms with Crippen molar-refractivity contribution in [3.8, 4) is 28.6 Å². The number of carbonyl (C=O) groups excluding carboxylic acids is 2. The Hall–Kier alpha value is -4.90. The average Bonchev–Trinajstić information content (AvgIpc) is 3.61. The lowest BCUT2D eigenvalue weighted by molar-refractivity contribution is -0.274. The summed E-state index contributed by atoms with van der Waals surface area (Å²) in [7, 11) is 0. The molecule has 0 bridgehead atoms. The molecule has 0 saturated carbocycles. The molecule has 0 radical (unpaired) electrons. The average molecular weight is 666 g/mol. The second kappa shape index (κ2) is 13.6. The molecule has 0 spiro atoms. The van der Waals surface area contributed by atoms with Gasteiger partial charge < -0.3 is 19.3 Å². The van der Waals surface area contributed by atoms with Crippen LogP contribution in [-0.2, 0) is 16.1 Å². The quantitative estimate of drug-likeness (QED) is 0.187. The van der Waals surface area contributed by atoms with Gasteiger partial charge in [0.2, 0.25) is 11.7 Å². The van der Waals surface area contributed by atoms with Crippen molar-refractivity contribution in [2.75, 3.05) is 22.6 Å². The normalized spacial score (nSPS) is 14.4. The first kappa shape index (κ1) is 32.5. The highest BCUT2D eigenvalue weighted by molar-refractivity contribution is 8.15. The molecule has 1 saturated heterocycles. The van der Waals surface area contributed by atoms with E-state index in [1.54, 1.807) is 25.1 Å². The van der Waals surface area contributed by atoms with Gasteiger partial charge in [0.1, 0.15) is 18.2 Å². The molecule has 46 heavy (non-hydrogen) atoms. The van der Waals surface area contributed by atoms with E-state index in [1.807, 2.05) is 0 Å². The van der Waals surface area contributed by atoms with E-state index in [-0.39, 0.29) is 46.1 Å². The minimum Gasteiger partial charge on any atom is -0.406 e. The maximum absolute atomic E-state index is 15.0. The molecule has 5 rings (SSSR count). The van der Waals surface area contributed by atoms with Crippen LogP contribution in [0.25, 0.3) is 22.8 Å². The number of nitrogens with zero attached hydrogens (tertiary/aromatic N) is 4. The predicted octanol–water partition coefficient (Wildman–Crippen LogP) is 7.20. The second-order valence-corrected chi connectivity index (χ2v) is 10.5. The van der Waals surface area contributed by atoms with Gasteiger partial charge in [-0.1, -0.05) is 29.1 Å². The number of hydrogen-bond acceptors (Lipinski definition) is 8. The van der Waals surface area contributed by atoms with Crippen LogP contribution in [0.15, 0.2) is 70.2 Å². The summed E-state index contributed by atoms with van der Waals surface area (Å²) in [6, 6.07) is 12.3. The summed E-state index contributed by atoms with van der Waals surface area (Å²) in [5.74, 6) is -1.85. The van der Waals surface area contributed by atoms with Crippen LogP contribution >= 0.6 is 11.8 Å². The highest BCUT2D eigenvalue weighted by Crippen LogP contribution is 2.32. The number of carbonyl (C=O) groups is 2. The van der Waals surface area contributed by atoms with E-state index in [2.05, 4.69) is 25.2 Å². The Balaban J connectivity index is 1.29. The Labute approximate surface area is 260 Å². The number of aliphatic imine (C=N–C) groups is 1. The first-order valence-electron chi connectivity index (χ1n) is 13.2. The first-order chi connectivity index (χ1) is 21.9. The molecule has 2 heterocycles. The van der Waals surface area contributed by atoms with Gasteiger partial charge in [-0.3, -0.25) is 9.69 Å². The predicted molar refractivity (Wildman–Crippen MR) is 155 cm³/mol. The van der Waals surface area contributed by atoms with Gasteiger partial charge in [0.05, 0.1) is 23.7 Å². The van der Waals surface area contributed by atoms with E-state index in [1.165, 1.54) is 29.2 Å². The number of alkyl halides is 5. The third kappa shape index (κ3) is 8.02. The number of ether oxygens (including phenoxy) is 2. The number of urea groups is 1. The molecule has 1 aliphatic rings. The van der Waals surface area contributed by atoms with Gasteiger partial charge in [-0.2, -0.15) is 9.98 Å². The lowest BCUT2D eigenvalue weighted by atomic mass is 10.1. The van der Waals surface area contributed by atoms with E-state index < -0.39 is 42.9 Å². The summed E-state index contributed by atoms with van der Waals surface area (Å²) in [4.78, 5) is 34.8. The minimum atomic E-state index is -4.85. The third-order valence-electron chi connectivity index (χ3n) is 6.18. The zero-order valence-electron chi connectivity index (χ0n) is 23.5. The van der Waals surface area contributed by atoms with Crippen molar-refractivity contribution in [3.63, 3.8) is 0 Å². The summed E-state index contributed by atoms with van der Waals surface area (Å²) >= 11 is 0.970. The van der Waals surface area contributed by atoms with E-state index >= 15 is 4.39 Å². The number of benzene rings is 3. The number of amides is 3. The fourth-order valence-electron chi connectivity index (χ4n) is 4.19. The van der Waals surface area contributed by atoms with E-state index in [0.717, 1.165) is 35.5 Å². The van der Waals surface area contributed by atoms with Crippen LogP contribution in [0.4, 0.5) is 42.5 Å². The molecule has 1 N–H and O–H groups in total. The first-order valence-corrected chi connectivity index (χ1v) is 14.2. The van der Waals surface area contributed by atoms with Gasteiger partial charge in [0.25, 0.3) is 12.3 Å². The minimum absolute atomic E-state index is 0.00225. The molecule has 3 amide bonds. The van der Waals surface area contributed by atoms with Crippen LogP contribution in [0.3, 0.4) is 0 Å². The van der Waals surface area contributed by atoms with Crippen LogP contribution in [0.5, 0.6) is 5.75 Å². The topological polar surface area (TPSA) is 119 Å². The van der Waals surface area contributed by atoms with Gasteiger partial charge in [-0.25, -0.2) is 18.0 Å². The molecule has 4 aromatic rings.